The molecule has 1 N–H and O–H groups in total. The normalized spacial score (nSPS) is 10.3. The lowest BCUT2D eigenvalue weighted by atomic mass is 10.2. The third-order valence-electron chi connectivity index (χ3n) is 2.43. The molecule has 1 aromatic heterocycles. The Labute approximate surface area is 113 Å². The number of pyridine rings is 1. The fraction of sp³-hybridized carbons (Fsp3) is 0.154. The first-order valence-electron chi connectivity index (χ1n) is 5.36. The van der Waals surface area contributed by atoms with Crippen LogP contribution in [-0.4, -0.2) is 9.94 Å². The van der Waals surface area contributed by atoms with Crippen LogP contribution < -0.4 is 10.3 Å². The Morgan fingerprint density at radius 1 is 1.28 bits per heavy atom. The van der Waals surface area contributed by atoms with Gasteiger partial charge in [-0.1, -0.05) is 15.9 Å². The van der Waals surface area contributed by atoms with Gasteiger partial charge in [-0.25, -0.2) is 0 Å². The maximum absolute atomic E-state index is 11.4. The summed E-state index contributed by atoms with van der Waals surface area (Å²) in [6, 6.07) is 10.4. The van der Waals surface area contributed by atoms with Crippen molar-refractivity contribution < 1.29 is 9.94 Å². The van der Waals surface area contributed by atoms with Crippen molar-refractivity contribution in [1.29, 1.82) is 0 Å². The van der Waals surface area contributed by atoms with Crippen molar-refractivity contribution in [2.75, 3.05) is 0 Å². The predicted molar refractivity (Wildman–Crippen MR) is 71.1 cm³/mol. The fourth-order valence-corrected chi connectivity index (χ4v) is 1.82. The minimum atomic E-state index is -0.454. The second-order valence-corrected chi connectivity index (χ2v) is 4.83. The molecule has 0 atom stereocenters. The summed E-state index contributed by atoms with van der Waals surface area (Å²) >= 11 is 3.33. The van der Waals surface area contributed by atoms with E-state index in [-0.39, 0.29) is 6.61 Å². The Kier molecular flexibility index (Phi) is 3.72. The van der Waals surface area contributed by atoms with Gasteiger partial charge >= 0.3 is 0 Å². The summed E-state index contributed by atoms with van der Waals surface area (Å²) < 4.78 is 7.06. The van der Waals surface area contributed by atoms with E-state index in [9.17, 15) is 10.0 Å². The van der Waals surface area contributed by atoms with Gasteiger partial charge in [0, 0.05) is 10.5 Å². The average Bonchev–Trinajstić information content (AvgIpc) is 2.34. The Bertz CT molecular complexity index is 605. The van der Waals surface area contributed by atoms with E-state index in [1.807, 2.05) is 12.1 Å². The van der Waals surface area contributed by atoms with Gasteiger partial charge in [-0.05, 0) is 42.8 Å². The van der Waals surface area contributed by atoms with Crippen LogP contribution in [0.3, 0.4) is 0 Å². The van der Waals surface area contributed by atoms with Gasteiger partial charge in [0.25, 0.3) is 5.56 Å². The van der Waals surface area contributed by atoms with Crippen LogP contribution in [0.5, 0.6) is 5.75 Å². The third-order valence-corrected chi connectivity index (χ3v) is 2.96. The van der Waals surface area contributed by atoms with E-state index < -0.39 is 5.56 Å². The minimum absolute atomic E-state index is 0.134. The molecular formula is C13H12BrNO3. The molecule has 0 radical (unpaired) electrons. The van der Waals surface area contributed by atoms with Crippen molar-refractivity contribution in [3.63, 3.8) is 0 Å². The summed E-state index contributed by atoms with van der Waals surface area (Å²) in [6.45, 7) is 1.93. The molecule has 2 aromatic rings. The van der Waals surface area contributed by atoms with Crippen molar-refractivity contribution in [2.45, 2.75) is 13.5 Å². The number of hydrogen-bond acceptors (Lipinski definition) is 3. The van der Waals surface area contributed by atoms with Gasteiger partial charge in [-0.2, -0.15) is 0 Å². The van der Waals surface area contributed by atoms with Crippen molar-refractivity contribution in [2.24, 2.45) is 0 Å². The molecule has 0 fully saturated rings. The number of ether oxygens (including phenoxy) is 1. The van der Waals surface area contributed by atoms with Crippen LogP contribution in [0.1, 0.15) is 11.3 Å². The zero-order valence-electron chi connectivity index (χ0n) is 9.76. The van der Waals surface area contributed by atoms with Gasteiger partial charge in [0.2, 0.25) is 0 Å². The Morgan fingerprint density at radius 2 is 1.94 bits per heavy atom. The molecule has 0 saturated heterocycles. The van der Waals surface area contributed by atoms with E-state index >= 15 is 0 Å². The van der Waals surface area contributed by atoms with Crippen LogP contribution in [0.15, 0.2) is 45.7 Å². The maximum Gasteiger partial charge on any atom is 0.283 e. The number of nitrogens with zero attached hydrogens (tertiary/aromatic N) is 1. The van der Waals surface area contributed by atoms with Crippen molar-refractivity contribution in [1.82, 2.24) is 4.73 Å². The van der Waals surface area contributed by atoms with Crippen LogP contribution in [0.2, 0.25) is 0 Å². The molecule has 0 amide bonds. The van der Waals surface area contributed by atoms with Crippen LogP contribution in [-0.2, 0) is 6.61 Å². The van der Waals surface area contributed by atoms with E-state index in [4.69, 9.17) is 4.74 Å². The highest BCUT2D eigenvalue weighted by atomic mass is 79.9. The first-order chi connectivity index (χ1) is 8.56. The molecule has 2 rings (SSSR count). The van der Waals surface area contributed by atoms with E-state index in [0.29, 0.717) is 16.2 Å². The lowest BCUT2D eigenvalue weighted by Crippen LogP contribution is -2.21. The Balaban J connectivity index is 2.15. The van der Waals surface area contributed by atoms with Gasteiger partial charge in [0.1, 0.15) is 12.4 Å². The topological polar surface area (TPSA) is 51.5 Å². The van der Waals surface area contributed by atoms with E-state index in [0.717, 1.165) is 10.0 Å². The number of aromatic nitrogens is 1. The first kappa shape index (κ1) is 12.7. The number of rotatable bonds is 3. The number of benzene rings is 1. The molecule has 0 unspecified atom stereocenters. The van der Waals surface area contributed by atoms with Crippen LogP contribution in [0, 0.1) is 6.92 Å². The lowest BCUT2D eigenvalue weighted by molar-refractivity contribution is 0.147. The van der Waals surface area contributed by atoms with Crippen molar-refractivity contribution in [3.8, 4) is 5.75 Å². The predicted octanol–water partition coefficient (Wildman–Crippen LogP) is 2.74. The van der Waals surface area contributed by atoms with E-state index in [1.54, 1.807) is 25.1 Å². The second kappa shape index (κ2) is 5.27. The molecule has 0 aliphatic rings. The highest BCUT2D eigenvalue weighted by Gasteiger charge is 2.05. The molecule has 0 bridgehead atoms. The molecular weight excluding hydrogens is 298 g/mol. The zero-order valence-corrected chi connectivity index (χ0v) is 11.3. The van der Waals surface area contributed by atoms with Crippen molar-refractivity contribution >= 4 is 15.9 Å². The molecule has 1 heterocycles. The smallest absolute Gasteiger partial charge is 0.283 e. The summed E-state index contributed by atoms with van der Waals surface area (Å²) in [7, 11) is 0. The number of hydrogen-bond donors (Lipinski definition) is 1. The van der Waals surface area contributed by atoms with Crippen LogP contribution in [0.25, 0.3) is 0 Å². The standard InChI is InChI=1S/C13H12BrNO3/c1-9-6-11(15(17)13(16)7-9)8-18-12-4-2-10(14)3-5-12/h2-7,17H,8H2,1H3. The summed E-state index contributed by atoms with van der Waals surface area (Å²) in [6.07, 6.45) is 0. The van der Waals surface area contributed by atoms with Crippen LogP contribution >= 0.6 is 15.9 Å². The average molecular weight is 310 g/mol. The summed E-state index contributed by atoms with van der Waals surface area (Å²) in [4.78, 5) is 11.4. The molecule has 94 valence electrons. The molecule has 0 aliphatic carbocycles. The van der Waals surface area contributed by atoms with E-state index in [1.165, 1.54) is 6.07 Å². The van der Waals surface area contributed by atoms with Gasteiger partial charge in [0.05, 0.1) is 5.69 Å². The van der Waals surface area contributed by atoms with Crippen LogP contribution in [0.4, 0.5) is 0 Å². The Hall–Kier alpha value is -1.75. The molecule has 18 heavy (non-hydrogen) atoms. The maximum atomic E-state index is 11.4. The van der Waals surface area contributed by atoms with Gasteiger partial charge < -0.3 is 9.94 Å². The largest absolute Gasteiger partial charge is 0.487 e. The fourth-order valence-electron chi connectivity index (χ4n) is 1.55. The quantitative estimate of drug-likeness (QED) is 0.887. The highest BCUT2D eigenvalue weighted by molar-refractivity contribution is 9.10. The highest BCUT2D eigenvalue weighted by Crippen LogP contribution is 2.17. The molecule has 4 nitrogen and oxygen atoms in total. The van der Waals surface area contributed by atoms with Crippen molar-refractivity contribution in [3.05, 3.63) is 62.5 Å². The monoisotopic (exact) mass is 309 g/mol. The summed E-state index contributed by atoms with van der Waals surface area (Å²) in [5.41, 5.74) is 0.757. The van der Waals surface area contributed by atoms with Gasteiger partial charge in [-0.15, -0.1) is 4.73 Å². The molecule has 1 aromatic carbocycles. The van der Waals surface area contributed by atoms with Gasteiger partial charge in [-0.3, -0.25) is 4.79 Å². The first-order valence-corrected chi connectivity index (χ1v) is 6.16. The molecule has 0 saturated carbocycles. The number of halogens is 1. The SMILES string of the molecule is Cc1cc(COc2ccc(Br)cc2)n(O)c(=O)c1. The molecule has 5 heteroatoms. The summed E-state index contributed by atoms with van der Waals surface area (Å²) in [5.74, 6) is 0.673. The number of aryl methyl sites for hydroxylation is 1. The Morgan fingerprint density at radius 3 is 2.61 bits per heavy atom. The zero-order chi connectivity index (χ0) is 13.1. The second-order valence-electron chi connectivity index (χ2n) is 3.92. The third kappa shape index (κ3) is 2.92. The molecule has 0 aliphatic heterocycles. The minimum Gasteiger partial charge on any atom is -0.487 e. The van der Waals surface area contributed by atoms with Gasteiger partial charge in [0.15, 0.2) is 0 Å². The van der Waals surface area contributed by atoms with E-state index in [2.05, 4.69) is 15.9 Å². The summed E-state index contributed by atoms with van der Waals surface area (Å²) in [5, 5.41) is 9.56. The molecule has 0 spiro atoms. The lowest BCUT2D eigenvalue weighted by Gasteiger charge is -2.09.